The van der Waals surface area contributed by atoms with Gasteiger partial charge in [0.05, 0.1) is 0 Å². The fraction of sp³-hybridized carbons (Fsp3) is 0.333. The average molecular weight is 374 g/mol. The zero-order valence-corrected chi connectivity index (χ0v) is 16.5. The van der Waals surface area contributed by atoms with Crippen molar-refractivity contribution in [3.8, 4) is 11.1 Å². The number of hydrogen-bond acceptors (Lipinski definition) is 2. The van der Waals surface area contributed by atoms with Crippen molar-refractivity contribution in [3.63, 3.8) is 0 Å². The van der Waals surface area contributed by atoms with Crippen molar-refractivity contribution in [2.75, 3.05) is 13.1 Å². The van der Waals surface area contributed by atoms with Gasteiger partial charge < -0.3 is 9.47 Å². The minimum absolute atomic E-state index is 0.149. The van der Waals surface area contributed by atoms with Gasteiger partial charge >= 0.3 is 0 Å². The van der Waals surface area contributed by atoms with E-state index in [1.165, 1.54) is 24.0 Å². The summed E-state index contributed by atoms with van der Waals surface area (Å²) < 4.78 is 2.12. The third kappa shape index (κ3) is 4.01. The van der Waals surface area contributed by atoms with Crippen LogP contribution < -0.4 is 0 Å². The predicted octanol–water partition coefficient (Wildman–Crippen LogP) is 4.92. The molecule has 4 nitrogen and oxygen atoms in total. The van der Waals surface area contributed by atoms with Gasteiger partial charge in [0.1, 0.15) is 5.69 Å². The molecule has 0 bridgehead atoms. The standard InChI is InChI=1S/C24H27N3O/c1-19-8-4-5-9-21(19)17-27-18-22(20-10-12-25-13-11-20)16-23(27)24(28)26-14-6-2-3-7-15-26/h4-5,8-13,16,18H,2-3,6-7,14-15,17H2,1H3. The normalized spacial score (nSPS) is 14.7. The van der Waals surface area contributed by atoms with Gasteiger partial charge in [-0.05, 0) is 54.7 Å². The zero-order valence-electron chi connectivity index (χ0n) is 16.5. The highest BCUT2D eigenvalue weighted by atomic mass is 16.2. The van der Waals surface area contributed by atoms with Crippen LogP contribution in [0.25, 0.3) is 11.1 Å². The number of rotatable bonds is 4. The molecular formula is C24H27N3O. The summed E-state index contributed by atoms with van der Waals surface area (Å²) in [4.78, 5) is 19.5. The molecule has 1 fully saturated rings. The van der Waals surface area contributed by atoms with Gasteiger partial charge in [0.25, 0.3) is 5.91 Å². The Morgan fingerprint density at radius 3 is 2.39 bits per heavy atom. The van der Waals surface area contributed by atoms with Crippen LogP contribution in [0.3, 0.4) is 0 Å². The lowest BCUT2D eigenvalue weighted by Crippen LogP contribution is -2.33. The number of nitrogens with zero attached hydrogens (tertiary/aromatic N) is 3. The molecule has 0 radical (unpaired) electrons. The van der Waals surface area contributed by atoms with E-state index in [-0.39, 0.29) is 5.91 Å². The molecule has 1 aliphatic heterocycles. The maximum atomic E-state index is 13.4. The van der Waals surface area contributed by atoms with Gasteiger partial charge in [-0.2, -0.15) is 0 Å². The maximum Gasteiger partial charge on any atom is 0.270 e. The van der Waals surface area contributed by atoms with Crippen molar-refractivity contribution in [1.82, 2.24) is 14.5 Å². The van der Waals surface area contributed by atoms with E-state index in [1.54, 1.807) is 12.4 Å². The highest BCUT2D eigenvalue weighted by molar-refractivity contribution is 5.94. The number of likely N-dealkylation sites (tertiary alicyclic amines) is 1. The van der Waals surface area contributed by atoms with Crippen molar-refractivity contribution in [1.29, 1.82) is 0 Å². The summed E-state index contributed by atoms with van der Waals surface area (Å²) in [5, 5.41) is 0. The Kier molecular flexibility index (Phi) is 5.56. The Morgan fingerprint density at radius 2 is 1.68 bits per heavy atom. The molecular weight excluding hydrogens is 346 g/mol. The zero-order chi connectivity index (χ0) is 19.3. The van der Waals surface area contributed by atoms with Gasteiger partial charge in [-0.15, -0.1) is 0 Å². The van der Waals surface area contributed by atoms with E-state index >= 15 is 0 Å². The third-order valence-electron chi connectivity index (χ3n) is 5.62. The van der Waals surface area contributed by atoms with Gasteiger partial charge in [-0.1, -0.05) is 37.1 Å². The van der Waals surface area contributed by atoms with Gasteiger partial charge in [0.2, 0.25) is 0 Å². The smallest absolute Gasteiger partial charge is 0.270 e. The molecule has 0 spiro atoms. The molecule has 1 aliphatic rings. The van der Waals surface area contributed by atoms with E-state index in [9.17, 15) is 4.79 Å². The Morgan fingerprint density at radius 1 is 0.964 bits per heavy atom. The minimum atomic E-state index is 0.149. The highest BCUT2D eigenvalue weighted by Crippen LogP contribution is 2.25. The molecule has 1 amide bonds. The second-order valence-electron chi connectivity index (χ2n) is 7.61. The van der Waals surface area contributed by atoms with E-state index in [4.69, 9.17) is 0 Å². The lowest BCUT2D eigenvalue weighted by molar-refractivity contribution is 0.0751. The molecule has 3 aromatic rings. The Bertz CT molecular complexity index is 937. The topological polar surface area (TPSA) is 38.1 Å². The third-order valence-corrected chi connectivity index (χ3v) is 5.62. The Labute approximate surface area is 166 Å². The molecule has 1 saturated heterocycles. The molecule has 0 N–H and O–H groups in total. The number of carbonyl (C=O) groups excluding carboxylic acids is 1. The molecule has 3 heterocycles. The van der Waals surface area contributed by atoms with Crippen LogP contribution in [0.5, 0.6) is 0 Å². The van der Waals surface area contributed by atoms with Gasteiger partial charge in [-0.3, -0.25) is 9.78 Å². The first-order valence-electron chi connectivity index (χ1n) is 10.2. The predicted molar refractivity (Wildman–Crippen MR) is 112 cm³/mol. The van der Waals surface area contributed by atoms with E-state index in [0.29, 0.717) is 6.54 Å². The summed E-state index contributed by atoms with van der Waals surface area (Å²) in [6, 6.07) is 14.4. The largest absolute Gasteiger partial charge is 0.338 e. The molecule has 4 rings (SSSR count). The maximum absolute atomic E-state index is 13.4. The number of hydrogen-bond donors (Lipinski definition) is 0. The monoisotopic (exact) mass is 373 g/mol. The van der Waals surface area contributed by atoms with E-state index in [2.05, 4.69) is 46.9 Å². The van der Waals surface area contributed by atoms with Crippen molar-refractivity contribution in [2.45, 2.75) is 39.2 Å². The number of aromatic nitrogens is 2. The minimum Gasteiger partial charge on any atom is -0.338 e. The second-order valence-corrected chi connectivity index (χ2v) is 7.61. The molecule has 0 aliphatic carbocycles. The first kappa shape index (κ1) is 18.5. The van der Waals surface area contributed by atoms with Crippen LogP contribution in [0, 0.1) is 6.92 Å². The lowest BCUT2D eigenvalue weighted by Gasteiger charge is -2.21. The Balaban J connectivity index is 1.71. The van der Waals surface area contributed by atoms with Crippen LogP contribution in [-0.4, -0.2) is 33.4 Å². The number of amides is 1. The molecule has 28 heavy (non-hydrogen) atoms. The summed E-state index contributed by atoms with van der Waals surface area (Å²) in [7, 11) is 0. The van der Waals surface area contributed by atoms with Crippen LogP contribution in [0.1, 0.15) is 47.3 Å². The summed E-state index contributed by atoms with van der Waals surface area (Å²) in [5.74, 6) is 0.149. The summed E-state index contributed by atoms with van der Waals surface area (Å²) >= 11 is 0. The van der Waals surface area contributed by atoms with Crippen molar-refractivity contribution in [2.24, 2.45) is 0 Å². The molecule has 1 aromatic carbocycles. The number of pyridine rings is 1. The molecule has 0 saturated carbocycles. The SMILES string of the molecule is Cc1ccccc1Cn1cc(-c2ccncc2)cc1C(=O)N1CCCCCC1. The van der Waals surface area contributed by atoms with Gasteiger partial charge in [0, 0.05) is 43.8 Å². The van der Waals surface area contributed by atoms with Crippen LogP contribution in [0.2, 0.25) is 0 Å². The fourth-order valence-corrected chi connectivity index (χ4v) is 3.93. The first-order chi connectivity index (χ1) is 13.7. The molecule has 0 unspecified atom stereocenters. The van der Waals surface area contributed by atoms with Crippen LogP contribution >= 0.6 is 0 Å². The second kappa shape index (κ2) is 8.42. The van der Waals surface area contributed by atoms with Crippen LogP contribution in [0.4, 0.5) is 0 Å². The van der Waals surface area contributed by atoms with Crippen LogP contribution in [0.15, 0.2) is 61.1 Å². The van der Waals surface area contributed by atoms with E-state index in [0.717, 1.165) is 42.8 Å². The summed E-state index contributed by atoms with van der Waals surface area (Å²) in [6.07, 6.45) is 10.3. The van der Waals surface area contributed by atoms with Crippen molar-refractivity contribution >= 4 is 5.91 Å². The quantitative estimate of drug-likeness (QED) is 0.651. The van der Waals surface area contributed by atoms with Crippen molar-refractivity contribution in [3.05, 3.63) is 77.9 Å². The number of carbonyl (C=O) groups is 1. The van der Waals surface area contributed by atoms with Gasteiger partial charge in [0.15, 0.2) is 0 Å². The van der Waals surface area contributed by atoms with Gasteiger partial charge in [-0.25, -0.2) is 0 Å². The molecule has 144 valence electrons. The summed E-state index contributed by atoms with van der Waals surface area (Å²) in [6.45, 7) is 4.55. The average Bonchev–Trinajstić information content (AvgIpc) is 2.95. The van der Waals surface area contributed by atoms with Crippen molar-refractivity contribution < 1.29 is 4.79 Å². The van der Waals surface area contributed by atoms with Crippen LogP contribution in [-0.2, 0) is 6.54 Å². The highest BCUT2D eigenvalue weighted by Gasteiger charge is 2.22. The molecule has 4 heteroatoms. The number of aryl methyl sites for hydroxylation is 1. The molecule has 0 atom stereocenters. The van der Waals surface area contributed by atoms with E-state index < -0.39 is 0 Å². The fourth-order valence-electron chi connectivity index (χ4n) is 3.93. The Hall–Kier alpha value is -2.88. The summed E-state index contributed by atoms with van der Waals surface area (Å²) in [5.41, 5.74) is 5.41. The first-order valence-corrected chi connectivity index (χ1v) is 10.2. The van der Waals surface area contributed by atoms with E-state index in [1.807, 2.05) is 23.1 Å². The number of benzene rings is 1. The lowest BCUT2D eigenvalue weighted by atomic mass is 10.1. The molecule has 2 aromatic heterocycles.